The number of carbonyl (C=O) groups is 1. The second-order valence-electron chi connectivity index (χ2n) is 4.43. The van der Waals surface area contributed by atoms with Gasteiger partial charge in [0.1, 0.15) is 6.04 Å². The first-order valence-corrected chi connectivity index (χ1v) is 6.04. The van der Waals surface area contributed by atoms with Crippen LogP contribution in [0.3, 0.4) is 0 Å². The monoisotopic (exact) mass is 213 g/mol. The molecule has 88 valence electrons. The van der Waals surface area contributed by atoms with Crippen molar-refractivity contribution in [2.45, 2.75) is 45.6 Å². The Morgan fingerprint density at radius 1 is 1.40 bits per heavy atom. The van der Waals surface area contributed by atoms with Crippen LogP contribution in [-0.2, 0) is 9.53 Å². The summed E-state index contributed by atoms with van der Waals surface area (Å²) in [6.07, 6.45) is 4.66. The van der Waals surface area contributed by atoms with E-state index in [1.165, 1.54) is 20.0 Å². The van der Waals surface area contributed by atoms with Crippen molar-refractivity contribution >= 4 is 5.97 Å². The average molecular weight is 213 g/mol. The molecule has 1 saturated carbocycles. The van der Waals surface area contributed by atoms with E-state index in [-0.39, 0.29) is 12.0 Å². The van der Waals surface area contributed by atoms with Crippen LogP contribution in [0.15, 0.2) is 0 Å². The SMILES string of the molecule is CCC(CC)C(NCC1CC1)C(=O)OC. The lowest BCUT2D eigenvalue weighted by atomic mass is 9.94. The number of hydrogen-bond acceptors (Lipinski definition) is 3. The molecular formula is C12H23NO2. The van der Waals surface area contributed by atoms with E-state index in [2.05, 4.69) is 19.2 Å². The molecule has 0 aromatic carbocycles. The molecule has 3 heteroatoms. The molecule has 1 rings (SSSR count). The molecule has 15 heavy (non-hydrogen) atoms. The molecule has 0 radical (unpaired) electrons. The highest BCUT2D eigenvalue weighted by molar-refractivity contribution is 5.76. The van der Waals surface area contributed by atoms with Crippen molar-refractivity contribution in [2.75, 3.05) is 13.7 Å². The van der Waals surface area contributed by atoms with Crippen molar-refractivity contribution in [3.8, 4) is 0 Å². The summed E-state index contributed by atoms with van der Waals surface area (Å²) in [4.78, 5) is 11.6. The normalized spacial score (nSPS) is 17.9. The Hall–Kier alpha value is -0.570. The molecule has 1 fully saturated rings. The lowest BCUT2D eigenvalue weighted by molar-refractivity contribution is -0.144. The zero-order valence-electron chi connectivity index (χ0n) is 10.1. The van der Waals surface area contributed by atoms with Gasteiger partial charge >= 0.3 is 5.97 Å². The van der Waals surface area contributed by atoms with Gasteiger partial charge in [-0.15, -0.1) is 0 Å². The summed E-state index contributed by atoms with van der Waals surface area (Å²) < 4.78 is 4.85. The highest BCUT2D eigenvalue weighted by Crippen LogP contribution is 2.28. The van der Waals surface area contributed by atoms with Gasteiger partial charge in [0, 0.05) is 0 Å². The van der Waals surface area contributed by atoms with Crippen molar-refractivity contribution < 1.29 is 9.53 Å². The molecular weight excluding hydrogens is 190 g/mol. The Bertz CT molecular complexity index is 198. The Labute approximate surface area is 92.6 Å². The van der Waals surface area contributed by atoms with Crippen LogP contribution in [0.25, 0.3) is 0 Å². The van der Waals surface area contributed by atoms with E-state index in [0.717, 1.165) is 25.3 Å². The van der Waals surface area contributed by atoms with Crippen molar-refractivity contribution in [3.63, 3.8) is 0 Å². The maximum atomic E-state index is 11.6. The zero-order valence-corrected chi connectivity index (χ0v) is 10.1. The van der Waals surface area contributed by atoms with Gasteiger partial charge in [0.25, 0.3) is 0 Å². The highest BCUT2D eigenvalue weighted by atomic mass is 16.5. The smallest absolute Gasteiger partial charge is 0.323 e. The predicted molar refractivity (Wildman–Crippen MR) is 60.6 cm³/mol. The number of nitrogens with one attached hydrogen (secondary N) is 1. The van der Waals surface area contributed by atoms with E-state index in [1.54, 1.807) is 0 Å². The standard InChI is InChI=1S/C12H23NO2/c1-4-10(5-2)11(12(14)15-3)13-8-9-6-7-9/h9-11,13H,4-8H2,1-3H3. The molecule has 0 amide bonds. The second-order valence-corrected chi connectivity index (χ2v) is 4.43. The summed E-state index contributed by atoms with van der Waals surface area (Å²) in [5.41, 5.74) is 0. The molecule has 0 bridgehead atoms. The summed E-state index contributed by atoms with van der Waals surface area (Å²) in [6.45, 7) is 5.22. The quantitative estimate of drug-likeness (QED) is 0.657. The van der Waals surface area contributed by atoms with Gasteiger partial charge in [-0.25, -0.2) is 0 Å². The maximum absolute atomic E-state index is 11.6. The van der Waals surface area contributed by atoms with Crippen molar-refractivity contribution in [1.82, 2.24) is 5.32 Å². The maximum Gasteiger partial charge on any atom is 0.323 e. The van der Waals surface area contributed by atoms with Crippen molar-refractivity contribution in [3.05, 3.63) is 0 Å². The lowest BCUT2D eigenvalue weighted by Gasteiger charge is -2.24. The Balaban J connectivity index is 2.45. The molecule has 1 unspecified atom stereocenters. The second kappa shape index (κ2) is 6.11. The first-order chi connectivity index (χ1) is 7.22. The molecule has 0 aliphatic heterocycles. The largest absolute Gasteiger partial charge is 0.468 e. The molecule has 0 spiro atoms. The fourth-order valence-corrected chi connectivity index (χ4v) is 1.95. The van der Waals surface area contributed by atoms with Crippen LogP contribution in [0.1, 0.15) is 39.5 Å². The zero-order chi connectivity index (χ0) is 11.3. The van der Waals surface area contributed by atoms with Gasteiger partial charge in [-0.2, -0.15) is 0 Å². The molecule has 1 N–H and O–H groups in total. The Kier molecular flexibility index (Phi) is 5.09. The highest BCUT2D eigenvalue weighted by Gasteiger charge is 2.29. The molecule has 3 nitrogen and oxygen atoms in total. The van der Waals surface area contributed by atoms with E-state index < -0.39 is 0 Å². The summed E-state index contributed by atoms with van der Waals surface area (Å²) in [5.74, 6) is 1.09. The van der Waals surface area contributed by atoms with Crippen LogP contribution >= 0.6 is 0 Å². The van der Waals surface area contributed by atoms with Gasteiger partial charge in [-0.1, -0.05) is 26.7 Å². The molecule has 1 atom stereocenters. The number of esters is 1. The number of carbonyl (C=O) groups excluding carboxylic acids is 1. The summed E-state index contributed by atoms with van der Waals surface area (Å²) in [5, 5.41) is 3.36. The van der Waals surface area contributed by atoms with Crippen LogP contribution in [0.4, 0.5) is 0 Å². The first-order valence-electron chi connectivity index (χ1n) is 6.04. The third kappa shape index (κ3) is 3.82. The fourth-order valence-electron chi connectivity index (χ4n) is 1.95. The van der Waals surface area contributed by atoms with Gasteiger partial charge in [-0.3, -0.25) is 4.79 Å². The Morgan fingerprint density at radius 2 is 2.00 bits per heavy atom. The van der Waals surface area contributed by atoms with Crippen LogP contribution in [0, 0.1) is 11.8 Å². The van der Waals surface area contributed by atoms with E-state index in [9.17, 15) is 4.79 Å². The summed E-state index contributed by atoms with van der Waals surface area (Å²) in [7, 11) is 1.47. The van der Waals surface area contributed by atoms with Gasteiger partial charge in [0.2, 0.25) is 0 Å². The third-order valence-electron chi connectivity index (χ3n) is 3.30. The lowest BCUT2D eigenvalue weighted by Crippen LogP contribution is -2.44. The van der Waals surface area contributed by atoms with Crippen molar-refractivity contribution in [1.29, 1.82) is 0 Å². The molecule has 1 aliphatic carbocycles. The average Bonchev–Trinajstić information content (AvgIpc) is 3.07. The van der Waals surface area contributed by atoms with Gasteiger partial charge in [0.05, 0.1) is 7.11 Å². The van der Waals surface area contributed by atoms with Crippen LogP contribution in [0.5, 0.6) is 0 Å². The minimum absolute atomic E-state index is 0.106. The summed E-state index contributed by atoms with van der Waals surface area (Å²) >= 11 is 0. The topological polar surface area (TPSA) is 38.3 Å². The van der Waals surface area contributed by atoms with Crippen LogP contribution < -0.4 is 5.32 Å². The van der Waals surface area contributed by atoms with Crippen LogP contribution in [0.2, 0.25) is 0 Å². The van der Waals surface area contributed by atoms with E-state index in [0.29, 0.717) is 5.92 Å². The number of rotatable bonds is 7. The molecule has 0 heterocycles. The number of methoxy groups -OCH3 is 1. The van der Waals surface area contributed by atoms with Gasteiger partial charge in [0.15, 0.2) is 0 Å². The summed E-state index contributed by atoms with van der Waals surface area (Å²) in [6, 6.07) is -0.106. The minimum atomic E-state index is -0.107. The predicted octanol–water partition coefficient (Wildman–Crippen LogP) is 1.96. The molecule has 0 aromatic heterocycles. The first kappa shape index (κ1) is 12.5. The van der Waals surface area contributed by atoms with Crippen LogP contribution in [-0.4, -0.2) is 25.7 Å². The molecule has 0 aromatic rings. The van der Waals surface area contributed by atoms with E-state index >= 15 is 0 Å². The third-order valence-corrected chi connectivity index (χ3v) is 3.30. The molecule has 0 saturated heterocycles. The Morgan fingerprint density at radius 3 is 2.40 bits per heavy atom. The molecule has 1 aliphatic rings. The van der Waals surface area contributed by atoms with Crippen molar-refractivity contribution in [2.24, 2.45) is 11.8 Å². The van der Waals surface area contributed by atoms with E-state index in [1.807, 2.05) is 0 Å². The number of ether oxygens (including phenoxy) is 1. The van der Waals surface area contributed by atoms with E-state index in [4.69, 9.17) is 4.74 Å². The van der Waals surface area contributed by atoms with Gasteiger partial charge < -0.3 is 10.1 Å². The number of hydrogen-bond donors (Lipinski definition) is 1. The minimum Gasteiger partial charge on any atom is -0.468 e. The fraction of sp³-hybridized carbons (Fsp3) is 0.917. The van der Waals surface area contributed by atoms with Gasteiger partial charge in [-0.05, 0) is 31.2 Å².